The van der Waals surface area contributed by atoms with Crippen molar-refractivity contribution in [2.24, 2.45) is 5.92 Å². The normalized spacial score (nSPS) is 31.3. The molecule has 1 aliphatic carbocycles. The summed E-state index contributed by atoms with van der Waals surface area (Å²) < 4.78 is 10.5. The molecule has 1 heterocycles. The number of esters is 2. The fourth-order valence-electron chi connectivity index (χ4n) is 2.76. The Balaban J connectivity index is 2.12. The Kier molecular flexibility index (Phi) is 4.99. The summed E-state index contributed by atoms with van der Waals surface area (Å²) >= 11 is 0. The van der Waals surface area contributed by atoms with Crippen LogP contribution in [0.3, 0.4) is 0 Å². The Labute approximate surface area is 125 Å². The van der Waals surface area contributed by atoms with E-state index in [-0.39, 0.29) is 24.0 Å². The van der Waals surface area contributed by atoms with Crippen LogP contribution in [0.15, 0.2) is 35.5 Å². The number of hydrogen-bond acceptors (Lipinski definition) is 4. The molecule has 4 nitrogen and oxygen atoms in total. The van der Waals surface area contributed by atoms with Gasteiger partial charge in [-0.05, 0) is 44.3 Å². The lowest BCUT2D eigenvalue weighted by molar-refractivity contribution is -0.140. The van der Waals surface area contributed by atoms with E-state index in [1.54, 1.807) is 0 Å². The first-order chi connectivity index (χ1) is 9.97. The fourth-order valence-corrected chi connectivity index (χ4v) is 2.76. The Morgan fingerprint density at radius 1 is 1.48 bits per heavy atom. The molecule has 0 aromatic heterocycles. The maximum atomic E-state index is 11.7. The first-order valence-corrected chi connectivity index (χ1v) is 7.35. The van der Waals surface area contributed by atoms with Crippen LogP contribution in [0.5, 0.6) is 0 Å². The Morgan fingerprint density at radius 2 is 2.24 bits per heavy atom. The maximum Gasteiger partial charge on any atom is 0.334 e. The number of carbonyl (C=O) groups excluding carboxylic acids is 2. The van der Waals surface area contributed by atoms with Gasteiger partial charge in [-0.3, -0.25) is 4.79 Å². The largest absolute Gasteiger partial charge is 0.461 e. The van der Waals surface area contributed by atoms with Gasteiger partial charge in [0.05, 0.1) is 0 Å². The molecule has 0 aromatic carbocycles. The van der Waals surface area contributed by atoms with Crippen molar-refractivity contribution in [3.05, 3.63) is 35.5 Å². The number of ether oxygens (including phenoxy) is 2. The van der Waals surface area contributed by atoms with Gasteiger partial charge in [-0.15, -0.1) is 0 Å². The van der Waals surface area contributed by atoms with Crippen molar-refractivity contribution in [1.29, 1.82) is 0 Å². The van der Waals surface area contributed by atoms with Gasteiger partial charge in [0.15, 0.2) is 0 Å². The van der Waals surface area contributed by atoms with Crippen molar-refractivity contribution in [2.75, 3.05) is 6.61 Å². The van der Waals surface area contributed by atoms with Crippen LogP contribution in [-0.4, -0.2) is 24.6 Å². The molecule has 21 heavy (non-hydrogen) atoms. The van der Waals surface area contributed by atoms with E-state index in [0.29, 0.717) is 12.2 Å². The Hall–Kier alpha value is -1.84. The van der Waals surface area contributed by atoms with E-state index >= 15 is 0 Å². The summed E-state index contributed by atoms with van der Waals surface area (Å²) in [6, 6.07) is 0. The van der Waals surface area contributed by atoms with E-state index in [1.807, 2.05) is 13.0 Å². The molecule has 2 rings (SSSR count). The van der Waals surface area contributed by atoms with Gasteiger partial charge in [-0.1, -0.05) is 18.2 Å². The summed E-state index contributed by atoms with van der Waals surface area (Å²) in [6.07, 6.45) is 7.38. The van der Waals surface area contributed by atoms with Crippen LogP contribution in [0, 0.1) is 5.92 Å². The van der Waals surface area contributed by atoms with Crippen LogP contribution in [0.4, 0.5) is 0 Å². The third kappa shape index (κ3) is 4.06. The van der Waals surface area contributed by atoms with E-state index in [2.05, 4.69) is 12.7 Å². The first kappa shape index (κ1) is 15.5. The highest BCUT2D eigenvalue weighted by atomic mass is 16.6. The average molecular weight is 290 g/mol. The van der Waals surface area contributed by atoms with Crippen molar-refractivity contribution in [3.63, 3.8) is 0 Å². The summed E-state index contributed by atoms with van der Waals surface area (Å²) in [6.45, 7) is 7.65. The molecular weight excluding hydrogens is 268 g/mol. The van der Waals surface area contributed by atoms with Gasteiger partial charge in [-0.2, -0.15) is 0 Å². The monoisotopic (exact) mass is 290 g/mol. The van der Waals surface area contributed by atoms with Crippen LogP contribution in [0.1, 0.15) is 39.5 Å². The number of rotatable bonds is 2. The molecule has 0 N–H and O–H groups in total. The highest BCUT2D eigenvalue weighted by Gasteiger charge is 2.37. The molecule has 0 bridgehead atoms. The quantitative estimate of drug-likeness (QED) is 0.445. The molecule has 2 atom stereocenters. The van der Waals surface area contributed by atoms with Crippen LogP contribution in [0.2, 0.25) is 0 Å². The number of fused-ring (bicyclic) bond motifs is 1. The summed E-state index contributed by atoms with van der Waals surface area (Å²) in [4.78, 5) is 22.7. The zero-order chi connectivity index (χ0) is 15.4. The SMILES string of the molecule is C=C1C(=O)O[C@@H]2/C=C(\C)CC/C=C(/COC(C)=O)CC[C@@H]12. The van der Waals surface area contributed by atoms with E-state index in [9.17, 15) is 9.59 Å². The van der Waals surface area contributed by atoms with Crippen LogP contribution < -0.4 is 0 Å². The summed E-state index contributed by atoms with van der Waals surface area (Å²) in [5, 5.41) is 0. The van der Waals surface area contributed by atoms with Crippen LogP contribution in [-0.2, 0) is 19.1 Å². The second-order valence-electron chi connectivity index (χ2n) is 5.73. The van der Waals surface area contributed by atoms with Crippen molar-refractivity contribution in [1.82, 2.24) is 0 Å². The Morgan fingerprint density at radius 3 is 2.95 bits per heavy atom. The molecule has 1 saturated heterocycles. The van der Waals surface area contributed by atoms with Gasteiger partial charge in [0.2, 0.25) is 0 Å². The van der Waals surface area contributed by atoms with Gasteiger partial charge in [0.1, 0.15) is 12.7 Å². The lowest BCUT2D eigenvalue weighted by atomic mass is 9.88. The third-order valence-corrected chi connectivity index (χ3v) is 4.01. The Bertz CT molecular complexity index is 513. The zero-order valence-corrected chi connectivity index (χ0v) is 12.7. The number of hydrogen-bond donors (Lipinski definition) is 0. The molecule has 0 spiro atoms. The molecule has 4 heteroatoms. The molecule has 1 fully saturated rings. The van der Waals surface area contributed by atoms with Crippen LogP contribution >= 0.6 is 0 Å². The fraction of sp³-hybridized carbons (Fsp3) is 0.529. The predicted molar refractivity (Wildman–Crippen MR) is 79.5 cm³/mol. The molecule has 0 aromatic rings. The van der Waals surface area contributed by atoms with Gasteiger partial charge < -0.3 is 9.47 Å². The maximum absolute atomic E-state index is 11.7. The topological polar surface area (TPSA) is 52.6 Å². The average Bonchev–Trinajstić information content (AvgIpc) is 2.67. The summed E-state index contributed by atoms with van der Waals surface area (Å²) in [7, 11) is 0. The standard InChI is InChI=1S/C17H22O4/c1-11-5-4-6-14(10-20-13(3)18)7-8-15-12(2)17(19)21-16(15)9-11/h6,9,15-16H,2,4-5,7-8,10H2,1,3H3/b11-9+,14-6+/t15-,16+/m0/s1. The lowest BCUT2D eigenvalue weighted by Crippen LogP contribution is -2.16. The molecule has 1 aliphatic heterocycles. The van der Waals surface area contributed by atoms with E-state index in [1.165, 1.54) is 12.5 Å². The summed E-state index contributed by atoms with van der Waals surface area (Å²) in [5.41, 5.74) is 2.86. The molecule has 0 saturated carbocycles. The smallest absolute Gasteiger partial charge is 0.334 e. The van der Waals surface area contributed by atoms with Crippen molar-refractivity contribution in [3.8, 4) is 0 Å². The van der Waals surface area contributed by atoms with Crippen molar-refractivity contribution in [2.45, 2.75) is 45.6 Å². The van der Waals surface area contributed by atoms with Gasteiger partial charge in [0.25, 0.3) is 0 Å². The van der Waals surface area contributed by atoms with E-state index in [4.69, 9.17) is 9.47 Å². The third-order valence-electron chi connectivity index (χ3n) is 4.01. The van der Waals surface area contributed by atoms with Crippen LogP contribution in [0.25, 0.3) is 0 Å². The zero-order valence-electron chi connectivity index (χ0n) is 12.7. The highest BCUT2D eigenvalue weighted by molar-refractivity contribution is 5.91. The molecule has 0 unspecified atom stereocenters. The second-order valence-corrected chi connectivity index (χ2v) is 5.73. The molecule has 2 aliphatic rings. The first-order valence-electron chi connectivity index (χ1n) is 7.35. The molecule has 114 valence electrons. The van der Waals surface area contributed by atoms with E-state index in [0.717, 1.165) is 31.3 Å². The van der Waals surface area contributed by atoms with E-state index < -0.39 is 0 Å². The second kappa shape index (κ2) is 6.74. The molecular formula is C17H22O4. The number of allylic oxidation sites excluding steroid dienone is 2. The van der Waals surface area contributed by atoms with Crippen molar-refractivity contribution >= 4 is 11.9 Å². The molecule has 0 radical (unpaired) electrons. The minimum absolute atomic E-state index is 0.0197. The molecule has 0 amide bonds. The predicted octanol–water partition coefficient (Wildman–Crippen LogP) is 3.09. The highest BCUT2D eigenvalue weighted by Crippen LogP contribution is 2.34. The lowest BCUT2D eigenvalue weighted by Gasteiger charge is -2.18. The summed E-state index contributed by atoms with van der Waals surface area (Å²) in [5.74, 6) is -0.546. The van der Waals surface area contributed by atoms with Gasteiger partial charge in [0, 0.05) is 18.4 Å². The van der Waals surface area contributed by atoms with Gasteiger partial charge >= 0.3 is 11.9 Å². The minimum atomic E-state index is -0.293. The van der Waals surface area contributed by atoms with Gasteiger partial charge in [-0.25, -0.2) is 4.79 Å². The minimum Gasteiger partial charge on any atom is -0.461 e. The van der Waals surface area contributed by atoms with Crippen molar-refractivity contribution < 1.29 is 19.1 Å². The number of carbonyl (C=O) groups is 2.